The smallest absolute Gasteiger partial charge is 0.274 e. The summed E-state index contributed by atoms with van der Waals surface area (Å²) in [7, 11) is 0. The monoisotopic (exact) mass is 490 g/mol. The molecule has 0 aliphatic heterocycles. The van der Waals surface area contributed by atoms with E-state index in [4.69, 9.17) is 21.8 Å². The Morgan fingerprint density at radius 3 is 2.75 bits per heavy atom. The summed E-state index contributed by atoms with van der Waals surface area (Å²) in [4.78, 5) is 21.1. The van der Waals surface area contributed by atoms with Crippen LogP contribution in [0.2, 0.25) is 5.02 Å². The number of carbonyl (C=O) groups is 1. The number of halogens is 1. The molecule has 9 heteroatoms. The summed E-state index contributed by atoms with van der Waals surface area (Å²) < 4.78 is 1.03. The highest BCUT2D eigenvalue weighted by molar-refractivity contribution is 8.01. The fourth-order valence-corrected chi connectivity index (χ4v) is 5.15. The molecule has 0 saturated heterocycles. The normalized spacial score (nSPS) is 13.1. The van der Waals surface area contributed by atoms with Gasteiger partial charge in [0.25, 0.3) is 5.91 Å². The van der Waals surface area contributed by atoms with Crippen molar-refractivity contribution >= 4 is 63.2 Å². The summed E-state index contributed by atoms with van der Waals surface area (Å²) in [5, 5.41) is 12.9. The zero-order valence-corrected chi connectivity index (χ0v) is 20.6. The first kappa shape index (κ1) is 26.0. The molecule has 1 aromatic heterocycles. The summed E-state index contributed by atoms with van der Waals surface area (Å²) in [6.45, 7) is 7.90. The second kappa shape index (κ2) is 12.7. The van der Waals surface area contributed by atoms with Gasteiger partial charge in [0.2, 0.25) is 0 Å². The largest absolute Gasteiger partial charge is 0.321 e. The fraction of sp³-hybridized carbons (Fsp3) is 0.261. The number of thiazole rings is 1. The predicted octanol–water partition coefficient (Wildman–Crippen LogP) is 6.31. The number of benzene rings is 2. The van der Waals surface area contributed by atoms with Crippen molar-refractivity contribution in [3.63, 3.8) is 0 Å². The molecule has 2 aromatic carbocycles. The van der Waals surface area contributed by atoms with Crippen LogP contribution in [0.4, 0.5) is 5.69 Å². The van der Waals surface area contributed by atoms with Gasteiger partial charge >= 0.3 is 0 Å². The molecule has 0 fully saturated rings. The highest BCUT2D eigenvalue weighted by Crippen LogP contribution is 2.39. The molecule has 2 unspecified atom stereocenters. The topological polar surface area (TPSA) is 101 Å². The molecular weight excluding hydrogens is 464 g/mol. The maximum atomic E-state index is 12.4. The van der Waals surface area contributed by atoms with Crippen LogP contribution in [-0.4, -0.2) is 29.1 Å². The van der Waals surface area contributed by atoms with Gasteiger partial charge in [0.05, 0.1) is 10.2 Å². The molecule has 3 aromatic rings. The molecule has 0 spiro atoms. The van der Waals surface area contributed by atoms with E-state index in [0.717, 1.165) is 26.7 Å². The minimum Gasteiger partial charge on any atom is -0.321 e. The van der Waals surface area contributed by atoms with Crippen molar-refractivity contribution in [1.29, 1.82) is 0 Å². The highest BCUT2D eigenvalue weighted by Gasteiger charge is 2.24. The lowest BCUT2D eigenvalue weighted by Crippen LogP contribution is -2.12. The summed E-state index contributed by atoms with van der Waals surface area (Å²) >= 11 is 9.32. The Bertz CT molecular complexity index is 1100. The van der Waals surface area contributed by atoms with Crippen molar-refractivity contribution < 1.29 is 10.0 Å². The molecule has 32 heavy (non-hydrogen) atoms. The molecular formula is C23H27ClN4O2S2. The second-order valence-corrected chi connectivity index (χ2v) is 9.21. The van der Waals surface area contributed by atoms with E-state index in [1.54, 1.807) is 16.7 Å². The lowest BCUT2D eigenvalue weighted by Gasteiger charge is -2.21. The first-order chi connectivity index (χ1) is 15.5. The lowest BCUT2D eigenvalue weighted by molar-refractivity contribution is -0.112. The molecule has 4 N–H and O–H groups in total. The number of fused-ring (bicyclic) bond motifs is 1. The van der Waals surface area contributed by atoms with Gasteiger partial charge in [-0.15, -0.1) is 23.1 Å². The van der Waals surface area contributed by atoms with E-state index in [2.05, 4.69) is 42.8 Å². The van der Waals surface area contributed by atoms with E-state index in [1.165, 1.54) is 17.3 Å². The van der Waals surface area contributed by atoms with Crippen LogP contribution in [0.5, 0.6) is 0 Å². The molecule has 0 radical (unpaired) electrons. The number of thioether (sulfide) groups is 1. The molecule has 1 heterocycles. The van der Waals surface area contributed by atoms with Crippen LogP contribution in [0.25, 0.3) is 10.2 Å². The number of rotatable bonds is 8. The van der Waals surface area contributed by atoms with E-state index in [0.29, 0.717) is 17.3 Å². The third-order valence-electron chi connectivity index (χ3n) is 4.98. The van der Waals surface area contributed by atoms with E-state index >= 15 is 0 Å². The number of nitrogens with two attached hydrogens (primary N) is 1. The van der Waals surface area contributed by atoms with Crippen molar-refractivity contribution in [3.05, 3.63) is 69.2 Å². The van der Waals surface area contributed by atoms with E-state index < -0.39 is 0 Å². The Hall–Kier alpha value is -2.23. The maximum absolute atomic E-state index is 12.4. The quantitative estimate of drug-likeness (QED) is 0.195. The van der Waals surface area contributed by atoms with Gasteiger partial charge in [-0.25, -0.2) is 10.9 Å². The van der Waals surface area contributed by atoms with E-state index in [-0.39, 0.29) is 11.8 Å². The number of nitrogens with one attached hydrogen (secondary N) is 1. The summed E-state index contributed by atoms with van der Waals surface area (Å²) in [6.07, 6.45) is 2.91. The lowest BCUT2D eigenvalue weighted by atomic mass is 9.86. The summed E-state index contributed by atoms with van der Waals surface area (Å²) in [5.74, 6) is 3.81. The van der Waals surface area contributed by atoms with Crippen molar-refractivity contribution in [2.24, 2.45) is 16.8 Å². The standard InChI is InChI=1S/C23H24ClN3OS2.H3NO/c1-5-14(2)21(15-7-6-8-16(24)11-15)23-27-18-10-9-17(12-20(18)30-23)26-22(28)19(25-3)13-29-4;1-2/h6-14,21H,3,5H2,1-2,4H3,(H,26,28);2H,1H2/b19-13-;. The Labute approximate surface area is 201 Å². The number of hydrogen-bond donors (Lipinski definition) is 3. The number of amides is 1. The number of hydrogen-bond acceptors (Lipinski definition) is 7. The minimum absolute atomic E-state index is 0.172. The van der Waals surface area contributed by atoms with Gasteiger partial charge in [0.1, 0.15) is 10.7 Å². The van der Waals surface area contributed by atoms with E-state index in [9.17, 15) is 4.79 Å². The van der Waals surface area contributed by atoms with Gasteiger partial charge < -0.3 is 10.5 Å². The average molecular weight is 491 g/mol. The van der Waals surface area contributed by atoms with Gasteiger partial charge in [0, 0.05) is 22.0 Å². The molecule has 0 bridgehead atoms. The van der Waals surface area contributed by atoms with Crippen LogP contribution in [0.1, 0.15) is 36.8 Å². The van der Waals surface area contributed by atoms with Crippen molar-refractivity contribution in [2.45, 2.75) is 26.2 Å². The van der Waals surface area contributed by atoms with Crippen LogP contribution >= 0.6 is 34.7 Å². The molecule has 1 amide bonds. The number of nitrogens with zero attached hydrogens (tertiary/aromatic N) is 2. The number of aromatic nitrogens is 1. The molecule has 170 valence electrons. The number of carbonyl (C=O) groups excluding carboxylic acids is 1. The molecule has 3 rings (SSSR count). The zero-order chi connectivity index (χ0) is 23.7. The van der Waals surface area contributed by atoms with Gasteiger partial charge in [-0.05, 0) is 54.8 Å². The van der Waals surface area contributed by atoms with Gasteiger partial charge in [-0.1, -0.05) is 44.0 Å². The fourth-order valence-electron chi connectivity index (χ4n) is 3.27. The van der Waals surface area contributed by atoms with Crippen LogP contribution < -0.4 is 11.2 Å². The maximum Gasteiger partial charge on any atom is 0.274 e. The van der Waals surface area contributed by atoms with Crippen LogP contribution in [-0.2, 0) is 4.79 Å². The molecule has 2 atom stereocenters. The average Bonchev–Trinajstić information content (AvgIpc) is 3.21. The highest BCUT2D eigenvalue weighted by atomic mass is 35.5. The van der Waals surface area contributed by atoms with Gasteiger partial charge in [-0.2, -0.15) is 0 Å². The Kier molecular flexibility index (Phi) is 10.3. The van der Waals surface area contributed by atoms with Crippen LogP contribution in [0.3, 0.4) is 0 Å². The third-order valence-corrected chi connectivity index (χ3v) is 6.78. The SMILES string of the molecule is C=N/C(=C\SC)C(=O)Nc1ccc2nc(C(c3cccc(Cl)c3)C(C)CC)sc2c1.NO. The second-order valence-electron chi connectivity index (χ2n) is 7.00. The summed E-state index contributed by atoms with van der Waals surface area (Å²) in [6, 6.07) is 13.8. The molecule has 0 saturated carbocycles. The van der Waals surface area contributed by atoms with Crippen molar-refractivity contribution in [1.82, 2.24) is 4.98 Å². The minimum atomic E-state index is -0.278. The summed E-state index contributed by atoms with van der Waals surface area (Å²) in [5.41, 5.74) is 3.10. The first-order valence-corrected chi connectivity index (χ1v) is 12.4. The Morgan fingerprint density at radius 1 is 1.38 bits per heavy atom. The molecule has 0 aliphatic rings. The predicted molar refractivity (Wildman–Crippen MR) is 138 cm³/mol. The third kappa shape index (κ3) is 6.40. The zero-order valence-electron chi connectivity index (χ0n) is 18.2. The van der Waals surface area contributed by atoms with Gasteiger partial charge in [0.15, 0.2) is 0 Å². The van der Waals surface area contributed by atoms with E-state index in [1.807, 2.05) is 42.7 Å². The van der Waals surface area contributed by atoms with Crippen molar-refractivity contribution in [3.8, 4) is 0 Å². The van der Waals surface area contributed by atoms with Crippen LogP contribution in [0, 0.1) is 5.92 Å². The van der Waals surface area contributed by atoms with Gasteiger partial charge in [-0.3, -0.25) is 9.79 Å². The van der Waals surface area contributed by atoms with Crippen LogP contribution in [0.15, 0.2) is 58.6 Å². The number of aliphatic imine (C=N–C) groups is 1. The molecule has 0 aliphatic carbocycles. The first-order valence-electron chi connectivity index (χ1n) is 9.89. The molecule has 6 nitrogen and oxygen atoms in total. The number of anilines is 1. The Balaban J connectivity index is 0.00000176. The Morgan fingerprint density at radius 2 is 2.12 bits per heavy atom. The van der Waals surface area contributed by atoms with Crippen molar-refractivity contribution in [2.75, 3.05) is 11.6 Å².